The average Bonchev–Trinajstić information content (AvgIpc) is 3.05. The number of aromatic carboxylic acids is 1. The Morgan fingerprint density at radius 2 is 1.42 bits per heavy atom. The first-order valence-corrected chi connectivity index (χ1v) is 16.2. The van der Waals surface area contributed by atoms with Crippen molar-refractivity contribution in [3.8, 4) is 11.5 Å². The number of hydrogen-bond acceptors (Lipinski definition) is 6. The molecule has 0 amide bonds. The van der Waals surface area contributed by atoms with Crippen molar-refractivity contribution in [3.05, 3.63) is 155 Å². The van der Waals surface area contributed by atoms with Crippen LogP contribution >= 0.6 is 11.6 Å². The minimum Gasteiger partial charge on any atom is -0.478 e. The fourth-order valence-corrected chi connectivity index (χ4v) is 6.40. The number of carbonyl (C=O) groups is 1. The van der Waals surface area contributed by atoms with Gasteiger partial charge in [0.2, 0.25) is 9.84 Å². The third-order valence-electron chi connectivity index (χ3n) is 7.34. The summed E-state index contributed by atoms with van der Waals surface area (Å²) in [5, 5.41) is 20.9. The molecule has 0 aliphatic carbocycles. The van der Waals surface area contributed by atoms with Gasteiger partial charge in [-0.2, -0.15) is 0 Å². The number of aliphatic hydroxyl groups is 1. The van der Waals surface area contributed by atoms with Gasteiger partial charge in [0.1, 0.15) is 17.1 Å². The number of para-hydroxylation sites is 1. The summed E-state index contributed by atoms with van der Waals surface area (Å²) in [5.74, 6) is -0.636. The van der Waals surface area contributed by atoms with E-state index in [0.29, 0.717) is 36.8 Å². The van der Waals surface area contributed by atoms with Crippen LogP contribution in [0.2, 0.25) is 5.02 Å². The van der Waals surface area contributed by atoms with Gasteiger partial charge in [0.15, 0.2) is 0 Å². The second-order valence-corrected chi connectivity index (χ2v) is 12.9. The first-order valence-electron chi connectivity index (χ1n) is 14.3. The number of nitrogens with zero attached hydrogens (tertiary/aromatic N) is 1. The maximum atomic E-state index is 13.3. The Morgan fingerprint density at radius 3 is 2.09 bits per heavy atom. The summed E-state index contributed by atoms with van der Waals surface area (Å²) in [4.78, 5) is 13.9. The molecule has 2 N–H and O–H groups in total. The van der Waals surface area contributed by atoms with Gasteiger partial charge in [-0.3, -0.25) is 4.90 Å². The summed E-state index contributed by atoms with van der Waals surface area (Å²) in [7, 11) is -3.79. The van der Waals surface area contributed by atoms with Crippen LogP contribution in [0.5, 0.6) is 11.5 Å². The lowest BCUT2D eigenvalue weighted by atomic mass is 10.1. The van der Waals surface area contributed by atoms with E-state index in [9.17, 15) is 23.4 Å². The molecule has 0 aliphatic rings. The lowest BCUT2D eigenvalue weighted by Gasteiger charge is -2.25. The number of ether oxygens (including phenoxy) is 1. The van der Waals surface area contributed by atoms with E-state index in [-0.39, 0.29) is 21.1 Å². The van der Waals surface area contributed by atoms with E-state index in [1.54, 1.807) is 48.5 Å². The predicted molar refractivity (Wildman–Crippen MR) is 174 cm³/mol. The van der Waals surface area contributed by atoms with E-state index < -0.39 is 21.9 Å². The van der Waals surface area contributed by atoms with E-state index >= 15 is 0 Å². The number of benzene rings is 5. The summed E-state index contributed by atoms with van der Waals surface area (Å²) in [5.41, 5.74) is 2.85. The number of halogens is 1. The lowest BCUT2D eigenvalue weighted by Crippen LogP contribution is -2.30. The Hall–Kier alpha value is -4.47. The number of hydrogen-bond donors (Lipinski definition) is 2. The highest BCUT2D eigenvalue weighted by molar-refractivity contribution is 7.91. The van der Waals surface area contributed by atoms with Crippen LogP contribution in [0.25, 0.3) is 0 Å². The Morgan fingerprint density at radius 1 is 0.778 bits per heavy atom. The topological polar surface area (TPSA) is 104 Å². The summed E-state index contributed by atoms with van der Waals surface area (Å²) in [6.07, 6.45) is -0.0668. The van der Waals surface area contributed by atoms with Crippen LogP contribution in [-0.4, -0.2) is 42.6 Å². The number of rotatable bonds is 13. The number of sulfone groups is 1. The largest absolute Gasteiger partial charge is 0.478 e. The molecule has 230 valence electrons. The van der Waals surface area contributed by atoms with Gasteiger partial charge < -0.3 is 14.9 Å². The van der Waals surface area contributed by atoms with Gasteiger partial charge in [0.25, 0.3) is 0 Å². The Bertz CT molecular complexity index is 1850. The van der Waals surface area contributed by atoms with Gasteiger partial charge in [0.05, 0.1) is 15.9 Å². The van der Waals surface area contributed by atoms with E-state index in [1.165, 1.54) is 36.4 Å². The first-order chi connectivity index (χ1) is 21.7. The van der Waals surface area contributed by atoms with Crippen molar-refractivity contribution in [2.24, 2.45) is 0 Å². The molecule has 5 aromatic carbocycles. The predicted octanol–water partition coefficient (Wildman–Crippen LogP) is 7.44. The van der Waals surface area contributed by atoms with E-state index in [4.69, 9.17) is 16.3 Å². The van der Waals surface area contributed by atoms with Crippen molar-refractivity contribution in [1.82, 2.24) is 4.90 Å². The summed E-state index contributed by atoms with van der Waals surface area (Å²) < 4.78 is 32.4. The maximum Gasteiger partial charge on any atom is 0.339 e. The van der Waals surface area contributed by atoms with Crippen LogP contribution < -0.4 is 4.74 Å². The second kappa shape index (κ2) is 14.5. The molecule has 0 aromatic heterocycles. The van der Waals surface area contributed by atoms with E-state index in [1.807, 2.05) is 42.5 Å². The Labute approximate surface area is 267 Å². The molecule has 0 unspecified atom stereocenters. The van der Waals surface area contributed by atoms with Crippen molar-refractivity contribution in [2.75, 3.05) is 13.1 Å². The Kier molecular flexibility index (Phi) is 10.3. The fraction of sp³-hybridized carbons (Fsp3) is 0.139. The van der Waals surface area contributed by atoms with Gasteiger partial charge >= 0.3 is 5.97 Å². The SMILES string of the molecule is O=C(O)c1ccccc1Oc1ccc(S(=O)(=O)c2ccc(CCN(Cc3ccccc3)C[C@H](O)c3cccc(Cl)c3)cc2)cc1. The van der Waals surface area contributed by atoms with Gasteiger partial charge in [-0.1, -0.05) is 78.3 Å². The summed E-state index contributed by atoms with van der Waals surface area (Å²) in [6.45, 7) is 1.70. The minimum atomic E-state index is -3.79. The van der Waals surface area contributed by atoms with Crippen molar-refractivity contribution in [2.45, 2.75) is 28.9 Å². The first kappa shape index (κ1) is 31.9. The molecule has 0 aliphatic heterocycles. The highest BCUT2D eigenvalue weighted by Crippen LogP contribution is 2.28. The van der Waals surface area contributed by atoms with Crippen LogP contribution in [0.1, 0.15) is 33.2 Å². The molecule has 0 heterocycles. The number of carboxylic acid groups (broad SMARTS) is 1. The van der Waals surface area contributed by atoms with Crippen LogP contribution in [-0.2, 0) is 22.8 Å². The average molecular weight is 642 g/mol. The summed E-state index contributed by atoms with van der Waals surface area (Å²) in [6, 6.07) is 36.2. The van der Waals surface area contributed by atoms with Crippen LogP contribution in [0.4, 0.5) is 0 Å². The third-order valence-corrected chi connectivity index (χ3v) is 9.36. The quantitative estimate of drug-likeness (QED) is 0.138. The van der Waals surface area contributed by atoms with Gasteiger partial charge in [-0.15, -0.1) is 0 Å². The van der Waals surface area contributed by atoms with Crippen molar-refractivity contribution < 1.29 is 28.2 Å². The monoisotopic (exact) mass is 641 g/mol. The molecule has 9 heteroatoms. The zero-order valence-corrected chi connectivity index (χ0v) is 25.9. The molecule has 0 saturated heterocycles. The molecule has 1 atom stereocenters. The molecular formula is C36H32ClNO6S. The maximum absolute atomic E-state index is 13.3. The highest BCUT2D eigenvalue weighted by Gasteiger charge is 2.19. The van der Waals surface area contributed by atoms with Gasteiger partial charge in [-0.05, 0) is 83.8 Å². The van der Waals surface area contributed by atoms with Gasteiger partial charge in [-0.25, -0.2) is 13.2 Å². The lowest BCUT2D eigenvalue weighted by molar-refractivity contribution is 0.0694. The molecule has 0 spiro atoms. The zero-order chi connectivity index (χ0) is 31.8. The summed E-state index contributed by atoms with van der Waals surface area (Å²) >= 11 is 6.14. The molecule has 0 fully saturated rings. The van der Waals surface area contributed by atoms with Crippen molar-refractivity contribution in [3.63, 3.8) is 0 Å². The molecule has 0 saturated carbocycles. The second-order valence-electron chi connectivity index (χ2n) is 10.6. The number of aliphatic hydroxyl groups excluding tert-OH is 1. The van der Waals surface area contributed by atoms with Gasteiger partial charge in [0, 0.05) is 24.7 Å². The molecular weight excluding hydrogens is 610 g/mol. The third kappa shape index (κ3) is 8.38. The fourth-order valence-electron chi connectivity index (χ4n) is 4.95. The van der Waals surface area contributed by atoms with Crippen LogP contribution in [0.15, 0.2) is 137 Å². The minimum absolute atomic E-state index is 0.00904. The van der Waals surface area contributed by atoms with Crippen molar-refractivity contribution in [1.29, 1.82) is 0 Å². The number of carboxylic acids is 1. The molecule has 5 rings (SSSR count). The molecule has 0 bridgehead atoms. The van der Waals surface area contributed by atoms with Crippen LogP contribution in [0, 0.1) is 0 Å². The van der Waals surface area contributed by atoms with Crippen LogP contribution in [0.3, 0.4) is 0 Å². The van der Waals surface area contributed by atoms with E-state index in [2.05, 4.69) is 4.90 Å². The van der Waals surface area contributed by atoms with E-state index in [0.717, 1.165) is 16.7 Å². The molecule has 5 aromatic rings. The molecule has 7 nitrogen and oxygen atoms in total. The smallest absolute Gasteiger partial charge is 0.339 e. The zero-order valence-electron chi connectivity index (χ0n) is 24.3. The Balaban J connectivity index is 1.25. The standard InChI is InChI=1S/C36H32ClNO6S/c37-29-10-6-9-28(23-29)34(39)25-38(24-27-7-2-1-3-8-27)22-21-26-13-17-31(18-14-26)45(42,43)32-19-15-30(16-20-32)44-35-12-5-4-11-33(35)36(40)41/h1-20,23,34,39H,21-22,24-25H2,(H,40,41)/t34-/m0/s1. The molecule has 45 heavy (non-hydrogen) atoms. The normalized spacial score (nSPS) is 12.2. The molecule has 0 radical (unpaired) electrons. The van der Waals surface area contributed by atoms with Crippen molar-refractivity contribution >= 4 is 27.4 Å². The highest BCUT2D eigenvalue weighted by atomic mass is 35.5.